The van der Waals surface area contributed by atoms with Gasteiger partial charge in [-0.15, -0.1) is 0 Å². The van der Waals surface area contributed by atoms with Gasteiger partial charge in [0.05, 0.1) is 18.3 Å². The second kappa shape index (κ2) is 6.18. The molecule has 1 aliphatic rings. The molecule has 0 aromatic heterocycles. The van der Waals surface area contributed by atoms with Crippen molar-refractivity contribution >= 4 is 18.0 Å². The first-order valence-corrected chi connectivity index (χ1v) is 7.28. The molecule has 1 aromatic carbocycles. The number of rotatable bonds is 3. The lowest BCUT2D eigenvalue weighted by Gasteiger charge is -2.22. The summed E-state index contributed by atoms with van der Waals surface area (Å²) in [4.78, 5) is 26.4. The molecule has 1 aliphatic heterocycles. The summed E-state index contributed by atoms with van der Waals surface area (Å²) in [5, 5.41) is 0. The standard InChI is InChI=1S/C18H21NO3/c1-11(2)19-13(4)16(18(21)22-5)15(17(19)20)10-14-8-6-12(3)7-9-14/h6-11H,1-5H3/b15-10-. The number of methoxy groups -OCH3 is 1. The first kappa shape index (κ1) is 16.0. The minimum atomic E-state index is -0.479. The normalized spacial score (nSPS) is 16.9. The summed E-state index contributed by atoms with van der Waals surface area (Å²) >= 11 is 0. The van der Waals surface area contributed by atoms with Gasteiger partial charge < -0.3 is 9.64 Å². The van der Waals surface area contributed by atoms with Crippen LogP contribution in [0.1, 0.15) is 31.9 Å². The molecule has 0 aliphatic carbocycles. The summed E-state index contributed by atoms with van der Waals surface area (Å²) in [5.74, 6) is -0.638. The monoisotopic (exact) mass is 299 g/mol. The maximum absolute atomic E-state index is 12.7. The minimum Gasteiger partial charge on any atom is -0.465 e. The van der Waals surface area contributed by atoms with Crippen molar-refractivity contribution in [2.45, 2.75) is 33.7 Å². The highest BCUT2D eigenvalue weighted by Crippen LogP contribution is 2.32. The van der Waals surface area contributed by atoms with Crippen molar-refractivity contribution in [2.24, 2.45) is 0 Å². The van der Waals surface area contributed by atoms with E-state index in [0.29, 0.717) is 16.8 Å². The predicted molar refractivity (Wildman–Crippen MR) is 85.9 cm³/mol. The van der Waals surface area contributed by atoms with Gasteiger partial charge in [0.2, 0.25) is 0 Å². The third kappa shape index (κ3) is 2.82. The summed E-state index contributed by atoms with van der Waals surface area (Å²) in [6.07, 6.45) is 1.75. The summed E-state index contributed by atoms with van der Waals surface area (Å²) in [6.45, 7) is 7.62. The fourth-order valence-corrected chi connectivity index (χ4v) is 2.65. The number of allylic oxidation sites excluding steroid dienone is 1. The number of carbonyl (C=O) groups excluding carboxylic acids is 2. The first-order valence-electron chi connectivity index (χ1n) is 7.28. The molecule has 0 radical (unpaired) electrons. The highest BCUT2D eigenvalue weighted by atomic mass is 16.5. The van der Waals surface area contributed by atoms with Crippen molar-refractivity contribution in [2.75, 3.05) is 7.11 Å². The Morgan fingerprint density at radius 3 is 2.27 bits per heavy atom. The smallest absolute Gasteiger partial charge is 0.340 e. The number of aryl methyl sites for hydroxylation is 1. The lowest BCUT2D eigenvalue weighted by molar-refractivity contribution is -0.136. The third-order valence-electron chi connectivity index (χ3n) is 3.74. The molecule has 0 spiro atoms. The van der Waals surface area contributed by atoms with E-state index in [1.165, 1.54) is 7.11 Å². The Hall–Kier alpha value is -2.36. The zero-order chi connectivity index (χ0) is 16.4. The van der Waals surface area contributed by atoms with E-state index in [2.05, 4.69) is 0 Å². The Bertz CT molecular complexity index is 666. The van der Waals surface area contributed by atoms with Crippen LogP contribution in [-0.4, -0.2) is 29.9 Å². The van der Waals surface area contributed by atoms with Crippen LogP contribution in [0.15, 0.2) is 41.1 Å². The summed E-state index contributed by atoms with van der Waals surface area (Å²) in [5.41, 5.74) is 3.41. The molecule has 116 valence electrons. The van der Waals surface area contributed by atoms with Crippen molar-refractivity contribution < 1.29 is 14.3 Å². The molecule has 22 heavy (non-hydrogen) atoms. The molecule has 0 unspecified atom stereocenters. The molecule has 0 fully saturated rings. The van der Waals surface area contributed by atoms with Crippen LogP contribution >= 0.6 is 0 Å². The lowest BCUT2D eigenvalue weighted by Crippen LogP contribution is -2.31. The highest BCUT2D eigenvalue weighted by Gasteiger charge is 2.38. The zero-order valence-electron chi connectivity index (χ0n) is 13.6. The molecule has 0 saturated carbocycles. The van der Waals surface area contributed by atoms with Crippen LogP contribution in [0, 0.1) is 6.92 Å². The Kier molecular flexibility index (Phi) is 4.50. The number of nitrogens with zero attached hydrogens (tertiary/aromatic N) is 1. The van der Waals surface area contributed by atoms with E-state index in [9.17, 15) is 9.59 Å². The molecule has 0 bridgehead atoms. The van der Waals surface area contributed by atoms with Crippen molar-refractivity contribution in [3.05, 3.63) is 52.2 Å². The average molecular weight is 299 g/mol. The zero-order valence-corrected chi connectivity index (χ0v) is 13.6. The Morgan fingerprint density at radius 1 is 1.18 bits per heavy atom. The van der Waals surface area contributed by atoms with Crippen LogP contribution in [0.2, 0.25) is 0 Å². The summed E-state index contributed by atoms with van der Waals surface area (Å²) < 4.78 is 4.85. The van der Waals surface area contributed by atoms with Gasteiger partial charge in [-0.2, -0.15) is 0 Å². The van der Waals surface area contributed by atoms with E-state index >= 15 is 0 Å². The second-order valence-electron chi connectivity index (χ2n) is 5.69. The molecule has 4 nitrogen and oxygen atoms in total. The van der Waals surface area contributed by atoms with Crippen molar-refractivity contribution in [3.8, 4) is 0 Å². The maximum atomic E-state index is 12.7. The molecule has 0 atom stereocenters. The van der Waals surface area contributed by atoms with Gasteiger partial charge in [-0.25, -0.2) is 4.79 Å². The SMILES string of the molecule is COC(=O)C1=C(C)N(C(C)C)C(=O)/C1=C\c1ccc(C)cc1. The number of carbonyl (C=O) groups is 2. The number of esters is 1. The molecule has 1 aromatic rings. The molecule has 4 heteroatoms. The minimum absolute atomic E-state index is 0.0175. The van der Waals surface area contributed by atoms with Crippen molar-refractivity contribution in [1.29, 1.82) is 0 Å². The number of hydrogen-bond acceptors (Lipinski definition) is 3. The van der Waals surface area contributed by atoms with Gasteiger partial charge in [-0.3, -0.25) is 4.79 Å². The number of hydrogen-bond donors (Lipinski definition) is 0. The molecule has 0 N–H and O–H groups in total. The van der Waals surface area contributed by atoms with E-state index in [1.807, 2.05) is 45.0 Å². The van der Waals surface area contributed by atoms with E-state index in [4.69, 9.17) is 4.74 Å². The lowest BCUT2D eigenvalue weighted by atomic mass is 10.0. The Labute approximate surface area is 131 Å². The fraction of sp³-hybridized carbons (Fsp3) is 0.333. The fourth-order valence-electron chi connectivity index (χ4n) is 2.65. The van der Waals surface area contributed by atoms with Crippen LogP contribution in [0.5, 0.6) is 0 Å². The van der Waals surface area contributed by atoms with Gasteiger partial charge in [0.15, 0.2) is 0 Å². The molecule has 1 heterocycles. The maximum Gasteiger partial charge on any atom is 0.340 e. The largest absolute Gasteiger partial charge is 0.465 e. The van der Waals surface area contributed by atoms with Crippen LogP contribution in [-0.2, 0) is 14.3 Å². The summed E-state index contributed by atoms with van der Waals surface area (Å²) in [7, 11) is 1.33. The molecule has 0 saturated heterocycles. The van der Waals surface area contributed by atoms with Crippen molar-refractivity contribution in [3.63, 3.8) is 0 Å². The van der Waals surface area contributed by atoms with Gasteiger partial charge in [0.25, 0.3) is 5.91 Å². The molecule has 1 amide bonds. The van der Waals surface area contributed by atoms with Crippen LogP contribution in [0.3, 0.4) is 0 Å². The number of amides is 1. The number of benzene rings is 1. The second-order valence-corrected chi connectivity index (χ2v) is 5.69. The van der Waals surface area contributed by atoms with E-state index in [0.717, 1.165) is 11.1 Å². The topological polar surface area (TPSA) is 46.6 Å². The Morgan fingerprint density at radius 2 is 1.77 bits per heavy atom. The van der Waals surface area contributed by atoms with E-state index < -0.39 is 5.97 Å². The Balaban J connectivity index is 2.54. The number of ether oxygens (including phenoxy) is 1. The van der Waals surface area contributed by atoms with Crippen molar-refractivity contribution in [1.82, 2.24) is 4.90 Å². The van der Waals surface area contributed by atoms with Gasteiger partial charge in [-0.1, -0.05) is 29.8 Å². The van der Waals surface area contributed by atoms with Crippen LogP contribution < -0.4 is 0 Å². The molecular formula is C18H21NO3. The first-order chi connectivity index (χ1) is 10.4. The van der Waals surface area contributed by atoms with E-state index in [1.54, 1.807) is 17.9 Å². The highest BCUT2D eigenvalue weighted by molar-refractivity contribution is 6.16. The average Bonchev–Trinajstić information content (AvgIpc) is 2.71. The van der Waals surface area contributed by atoms with Gasteiger partial charge >= 0.3 is 5.97 Å². The predicted octanol–water partition coefficient (Wildman–Crippen LogP) is 3.08. The summed E-state index contributed by atoms with van der Waals surface area (Å²) in [6, 6.07) is 7.78. The van der Waals surface area contributed by atoms with Gasteiger partial charge in [-0.05, 0) is 39.3 Å². The molecular weight excluding hydrogens is 278 g/mol. The molecule has 2 rings (SSSR count). The third-order valence-corrected chi connectivity index (χ3v) is 3.74. The van der Waals surface area contributed by atoms with Crippen LogP contribution in [0.25, 0.3) is 6.08 Å². The van der Waals surface area contributed by atoms with E-state index in [-0.39, 0.29) is 11.9 Å². The quantitative estimate of drug-likeness (QED) is 0.636. The van der Waals surface area contributed by atoms with Gasteiger partial charge in [0, 0.05) is 11.7 Å². The van der Waals surface area contributed by atoms with Crippen LogP contribution in [0.4, 0.5) is 0 Å². The van der Waals surface area contributed by atoms with Gasteiger partial charge in [0.1, 0.15) is 0 Å².